The lowest BCUT2D eigenvalue weighted by atomic mass is 10.0. The highest BCUT2D eigenvalue weighted by Gasteiger charge is 2.01. The number of allylic oxidation sites excluding steroid dienone is 2. The molecule has 0 unspecified atom stereocenters. The Morgan fingerprint density at radius 3 is 2.46 bits per heavy atom. The van der Waals surface area contributed by atoms with E-state index in [-0.39, 0.29) is 5.91 Å². The van der Waals surface area contributed by atoms with Gasteiger partial charge < -0.3 is 5.32 Å². The molecule has 13 heavy (non-hydrogen) atoms. The molecule has 0 rings (SSSR count). The predicted octanol–water partition coefficient (Wildman–Crippen LogP) is 2.28. The van der Waals surface area contributed by atoms with Crippen molar-refractivity contribution in [1.29, 1.82) is 0 Å². The maximum atomic E-state index is 11.1. The van der Waals surface area contributed by atoms with Crippen LogP contribution < -0.4 is 5.32 Å². The molecule has 2 heteroatoms. The third kappa shape index (κ3) is 4.51. The molecular weight excluding hydrogens is 162 g/mol. The summed E-state index contributed by atoms with van der Waals surface area (Å²) in [7, 11) is 1.64. The first-order valence-electron chi connectivity index (χ1n) is 4.55. The fourth-order valence-electron chi connectivity index (χ4n) is 0.810. The minimum absolute atomic E-state index is 0.0171. The Balaban J connectivity index is 4.12. The summed E-state index contributed by atoms with van der Waals surface area (Å²) >= 11 is 0. The van der Waals surface area contributed by atoms with Gasteiger partial charge in [0, 0.05) is 12.6 Å². The van der Waals surface area contributed by atoms with Crippen LogP contribution in [0.1, 0.15) is 27.2 Å². The summed E-state index contributed by atoms with van der Waals surface area (Å²) in [6.45, 7) is 9.95. The van der Waals surface area contributed by atoms with Crippen LogP contribution in [-0.4, -0.2) is 13.0 Å². The maximum Gasteiger partial charge on any atom is 0.246 e. The van der Waals surface area contributed by atoms with Crippen LogP contribution in [0.2, 0.25) is 0 Å². The van der Waals surface area contributed by atoms with E-state index in [1.807, 2.05) is 13.0 Å². The van der Waals surface area contributed by atoms with E-state index in [9.17, 15) is 4.79 Å². The van der Waals surface area contributed by atoms with E-state index in [4.69, 9.17) is 0 Å². The van der Waals surface area contributed by atoms with E-state index in [2.05, 4.69) is 25.7 Å². The number of likely N-dealkylation sites (N-methyl/N-ethyl adjacent to an activating group) is 1. The van der Waals surface area contributed by atoms with Crippen LogP contribution in [0.25, 0.3) is 0 Å². The van der Waals surface area contributed by atoms with Crippen LogP contribution in [0.3, 0.4) is 0 Å². The fourth-order valence-corrected chi connectivity index (χ4v) is 0.810. The van der Waals surface area contributed by atoms with Gasteiger partial charge in [-0.15, -0.1) is 0 Å². The third-order valence-corrected chi connectivity index (χ3v) is 2.07. The van der Waals surface area contributed by atoms with Gasteiger partial charge in [-0.1, -0.05) is 32.1 Å². The Kier molecular flexibility index (Phi) is 5.12. The molecule has 0 aliphatic heterocycles. The maximum absolute atomic E-state index is 11.1. The predicted molar refractivity (Wildman–Crippen MR) is 56.4 cm³/mol. The first-order valence-corrected chi connectivity index (χ1v) is 4.55. The van der Waals surface area contributed by atoms with E-state index in [0.29, 0.717) is 5.92 Å². The van der Waals surface area contributed by atoms with Gasteiger partial charge in [0.25, 0.3) is 0 Å². The molecule has 1 amide bonds. The van der Waals surface area contributed by atoms with Crippen LogP contribution >= 0.6 is 0 Å². The lowest BCUT2D eigenvalue weighted by Gasteiger charge is -2.06. The number of hydrogen-bond donors (Lipinski definition) is 1. The number of rotatable bonds is 4. The summed E-state index contributed by atoms with van der Waals surface area (Å²) in [6, 6.07) is 0. The van der Waals surface area contributed by atoms with Crippen molar-refractivity contribution in [1.82, 2.24) is 5.32 Å². The van der Waals surface area contributed by atoms with Gasteiger partial charge in [0.05, 0.1) is 0 Å². The summed E-state index contributed by atoms with van der Waals surface area (Å²) < 4.78 is 0. The van der Waals surface area contributed by atoms with Gasteiger partial charge in [0.1, 0.15) is 0 Å². The lowest BCUT2D eigenvalue weighted by molar-refractivity contribution is -0.117. The molecule has 0 aromatic heterocycles. The highest BCUT2D eigenvalue weighted by atomic mass is 16.1. The molecule has 0 spiro atoms. The lowest BCUT2D eigenvalue weighted by Crippen LogP contribution is -2.18. The second-order valence-corrected chi connectivity index (χ2v) is 3.48. The number of carbonyl (C=O) groups excluding carboxylic acids is 1. The number of carbonyl (C=O) groups is 1. The van der Waals surface area contributed by atoms with Crippen LogP contribution in [0.4, 0.5) is 0 Å². The Morgan fingerprint density at radius 2 is 2.08 bits per heavy atom. The van der Waals surface area contributed by atoms with E-state index in [0.717, 1.165) is 17.6 Å². The van der Waals surface area contributed by atoms with Gasteiger partial charge in [0.2, 0.25) is 5.91 Å². The van der Waals surface area contributed by atoms with Gasteiger partial charge in [0.15, 0.2) is 0 Å². The summed E-state index contributed by atoms with van der Waals surface area (Å²) in [4.78, 5) is 11.1. The molecule has 74 valence electrons. The number of amides is 1. The zero-order valence-electron chi connectivity index (χ0n) is 8.98. The molecular formula is C11H19NO. The first kappa shape index (κ1) is 11.9. The molecule has 0 bridgehead atoms. The van der Waals surface area contributed by atoms with Gasteiger partial charge in [-0.25, -0.2) is 0 Å². The van der Waals surface area contributed by atoms with Gasteiger partial charge in [-0.05, 0) is 19.3 Å². The Hall–Kier alpha value is -1.05. The molecule has 0 atom stereocenters. The largest absolute Gasteiger partial charge is 0.355 e. The molecule has 0 aromatic carbocycles. The van der Waals surface area contributed by atoms with Crippen LogP contribution in [-0.2, 0) is 4.79 Å². The monoisotopic (exact) mass is 181 g/mol. The molecule has 0 saturated heterocycles. The van der Waals surface area contributed by atoms with Crippen molar-refractivity contribution < 1.29 is 4.79 Å². The molecule has 0 fully saturated rings. The molecule has 0 radical (unpaired) electrons. The highest BCUT2D eigenvalue weighted by molar-refractivity contribution is 5.92. The highest BCUT2D eigenvalue weighted by Crippen LogP contribution is 2.12. The van der Waals surface area contributed by atoms with Gasteiger partial charge >= 0.3 is 0 Å². The summed E-state index contributed by atoms with van der Waals surface area (Å²) in [5.41, 5.74) is 1.91. The summed E-state index contributed by atoms with van der Waals surface area (Å²) in [5, 5.41) is 2.58. The van der Waals surface area contributed by atoms with Gasteiger partial charge in [-0.3, -0.25) is 4.79 Å². The molecule has 0 aliphatic rings. The first-order chi connectivity index (χ1) is 5.99. The summed E-state index contributed by atoms with van der Waals surface area (Å²) in [6.07, 6.45) is 2.71. The third-order valence-electron chi connectivity index (χ3n) is 2.07. The average Bonchev–Trinajstić information content (AvgIpc) is 2.11. The SMILES string of the molecule is C=C(C/C=C(\C)C(=O)NC)C(C)C. The van der Waals surface area contributed by atoms with Crippen molar-refractivity contribution in [3.05, 3.63) is 23.8 Å². The topological polar surface area (TPSA) is 29.1 Å². The zero-order valence-corrected chi connectivity index (χ0v) is 8.98. The minimum atomic E-state index is -0.0171. The quantitative estimate of drug-likeness (QED) is 0.523. The van der Waals surface area contributed by atoms with E-state index in [1.54, 1.807) is 7.05 Å². The molecule has 0 aliphatic carbocycles. The van der Waals surface area contributed by atoms with Crippen molar-refractivity contribution in [2.24, 2.45) is 5.92 Å². The second kappa shape index (κ2) is 5.57. The fraction of sp³-hybridized carbons (Fsp3) is 0.545. The smallest absolute Gasteiger partial charge is 0.246 e. The van der Waals surface area contributed by atoms with Crippen molar-refractivity contribution in [2.75, 3.05) is 7.05 Å². The Bertz CT molecular complexity index is 226. The van der Waals surface area contributed by atoms with Crippen LogP contribution in [0.15, 0.2) is 23.8 Å². The molecule has 0 aromatic rings. The van der Waals surface area contributed by atoms with E-state index >= 15 is 0 Å². The van der Waals surface area contributed by atoms with Crippen molar-refractivity contribution in [3.63, 3.8) is 0 Å². The van der Waals surface area contributed by atoms with Crippen molar-refractivity contribution in [2.45, 2.75) is 27.2 Å². The van der Waals surface area contributed by atoms with E-state index < -0.39 is 0 Å². The zero-order chi connectivity index (χ0) is 10.4. The Morgan fingerprint density at radius 1 is 1.54 bits per heavy atom. The molecule has 0 heterocycles. The molecule has 1 N–H and O–H groups in total. The van der Waals surface area contributed by atoms with Crippen molar-refractivity contribution >= 4 is 5.91 Å². The number of nitrogens with one attached hydrogen (secondary N) is 1. The number of hydrogen-bond acceptors (Lipinski definition) is 1. The van der Waals surface area contributed by atoms with E-state index in [1.165, 1.54) is 0 Å². The normalized spacial score (nSPS) is 11.6. The Labute approximate surface area is 80.7 Å². The second-order valence-electron chi connectivity index (χ2n) is 3.48. The molecule has 0 saturated carbocycles. The summed E-state index contributed by atoms with van der Waals surface area (Å²) in [5.74, 6) is 0.463. The van der Waals surface area contributed by atoms with Crippen molar-refractivity contribution in [3.8, 4) is 0 Å². The minimum Gasteiger partial charge on any atom is -0.355 e. The standard InChI is InChI=1S/C11H19NO/c1-8(2)9(3)6-7-10(4)11(13)12-5/h7-8H,3,6H2,1-2,4-5H3,(H,12,13)/b10-7+. The van der Waals surface area contributed by atoms with Crippen LogP contribution in [0.5, 0.6) is 0 Å². The average molecular weight is 181 g/mol. The van der Waals surface area contributed by atoms with Crippen LogP contribution in [0, 0.1) is 5.92 Å². The van der Waals surface area contributed by atoms with Gasteiger partial charge in [-0.2, -0.15) is 0 Å². The molecule has 2 nitrogen and oxygen atoms in total.